The zero-order valence-electron chi connectivity index (χ0n) is 9.61. The number of hydrogen-bond donors (Lipinski definition) is 0. The molecule has 92 valence electrons. The van der Waals surface area contributed by atoms with E-state index < -0.39 is 0 Å². The van der Waals surface area contributed by atoms with Gasteiger partial charge in [-0.15, -0.1) is 11.6 Å². The van der Waals surface area contributed by atoms with Gasteiger partial charge in [-0.1, -0.05) is 0 Å². The standard InChI is InChI=1S/C12H14ClNO3/c1-16-10-2-3-11-9(6-10)8-14(4-5-17-11)12(15)7-13/h2-3,6H,4-5,7-8H2,1H3. The first-order valence-corrected chi connectivity index (χ1v) is 5.91. The quantitative estimate of drug-likeness (QED) is 0.755. The maximum absolute atomic E-state index is 11.6. The molecule has 1 aliphatic heterocycles. The zero-order chi connectivity index (χ0) is 12.3. The van der Waals surface area contributed by atoms with Crippen molar-refractivity contribution in [3.05, 3.63) is 23.8 Å². The molecule has 5 heteroatoms. The monoisotopic (exact) mass is 255 g/mol. The molecule has 0 unspecified atom stereocenters. The van der Waals surface area contributed by atoms with Crippen LogP contribution in [0.4, 0.5) is 0 Å². The fourth-order valence-electron chi connectivity index (χ4n) is 1.80. The van der Waals surface area contributed by atoms with E-state index in [0.29, 0.717) is 19.7 Å². The van der Waals surface area contributed by atoms with Crippen LogP contribution < -0.4 is 9.47 Å². The Hall–Kier alpha value is -1.42. The fourth-order valence-corrected chi connectivity index (χ4v) is 1.96. The lowest BCUT2D eigenvalue weighted by Crippen LogP contribution is -2.33. The summed E-state index contributed by atoms with van der Waals surface area (Å²) in [5.41, 5.74) is 0.945. The molecule has 1 aromatic carbocycles. The van der Waals surface area contributed by atoms with Crippen LogP contribution in [0, 0.1) is 0 Å². The van der Waals surface area contributed by atoms with Crippen LogP contribution in [0.1, 0.15) is 5.56 Å². The number of benzene rings is 1. The summed E-state index contributed by atoms with van der Waals surface area (Å²) in [6.07, 6.45) is 0. The largest absolute Gasteiger partial charge is 0.497 e. The average molecular weight is 256 g/mol. The van der Waals surface area contributed by atoms with Crippen LogP contribution in [-0.2, 0) is 11.3 Å². The Bertz CT molecular complexity index is 422. The Balaban J connectivity index is 2.25. The number of rotatable bonds is 2. The normalized spacial score (nSPS) is 14.6. The molecule has 0 saturated heterocycles. The molecule has 0 aromatic heterocycles. The third-order valence-corrected chi connectivity index (χ3v) is 2.94. The minimum atomic E-state index is -0.0778. The number of carbonyl (C=O) groups excluding carboxylic acids is 1. The van der Waals surface area contributed by atoms with Gasteiger partial charge in [0.15, 0.2) is 0 Å². The highest BCUT2D eigenvalue weighted by atomic mass is 35.5. The molecule has 1 aromatic rings. The highest BCUT2D eigenvalue weighted by Crippen LogP contribution is 2.27. The van der Waals surface area contributed by atoms with Gasteiger partial charge in [-0.3, -0.25) is 4.79 Å². The van der Waals surface area contributed by atoms with Gasteiger partial charge < -0.3 is 14.4 Å². The molecular weight excluding hydrogens is 242 g/mol. The van der Waals surface area contributed by atoms with Gasteiger partial charge in [0.05, 0.1) is 13.7 Å². The van der Waals surface area contributed by atoms with Crippen LogP contribution in [0.5, 0.6) is 11.5 Å². The summed E-state index contributed by atoms with van der Waals surface area (Å²) in [7, 11) is 1.61. The summed E-state index contributed by atoms with van der Waals surface area (Å²) in [6, 6.07) is 5.59. The van der Waals surface area contributed by atoms with Crippen LogP contribution in [0.25, 0.3) is 0 Å². The van der Waals surface area contributed by atoms with Crippen LogP contribution in [0.3, 0.4) is 0 Å². The molecular formula is C12H14ClNO3. The molecule has 1 heterocycles. The summed E-state index contributed by atoms with van der Waals surface area (Å²) in [5, 5.41) is 0. The number of methoxy groups -OCH3 is 1. The molecule has 0 saturated carbocycles. The first-order valence-electron chi connectivity index (χ1n) is 5.38. The highest BCUT2D eigenvalue weighted by molar-refractivity contribution is 6.27. The number of fused-ring (bicyclic) bond motifs is 1. The number of carbonyl (C=O) groups is 1. The molecule has 2 rings (SSSR count). The second-order valence-electron chi connectivity index (χ2n) is 3.77. The number of hydrogen-bond acceptors (Lipinski definition) is 3. The summed E-state index contributed by atoms with van der Waals surface area (Å²) in [4.78, 5) is 13.3. The zero-order valence-corrected chi connectivity index (χ0v) is 10.4. The van der Waals surface area contributed by atoms with E-state index in [0.717, 1.165) is 17.1 Å². The van der Waals surface area contributed by atoms with Crippen molar-refractivity contribution in [3.8, 4) is 11.5 Å². The van der Waals surface area contributed by atoms with Gasteiger partial charge >= 0.3 is 0 Å². The van der Waals surface area contributed by atoms with E-state index in [2.05, 4.69) is 0 Å². The van der Waals surface area contributed by atoms with Gasteiger partial charge in [-0.05, 0) is 18.2 Å². The third-order valence-electron chi connectivity index (χ3n) is 2.71. The predicted octanol–water partition coefficient (Wildman–Crippen LogP) is 1.66. The van der Waals surface area contributed by atoms with Crippen molar-refractivity contribution in [1.82, 2.24) is 4.90 Å². The Kier molecular flexibility index (Phi) is 3.74. The van der Waals surface area contributed by atoms with E-state index in [1.807, 2.05) is 18.2 Å². The van der Waals surface area contributed by atoms with Crippen LogP contribution in [-0.4, -0.2) is 36.9 Å². The molecule has 0 N–H and O–H groups in total. The second-order valence-corrected chi connectivity index (χ2v) is 4.04. The van der Waals surface area contributed by atoms with Gasteiger partial charge in [0.1, 0.15) is 24.0 Å². The van der Waals surface area contributed by atoms with Gasteiger partial charge in [0, 0.05) is 12.1 Å². The molecule has 0 bridgehead atoms. The average Bonchev–Trinajstić information content (AvgIpc) is 2.58. The van der Waals surface area contributed by atoms with Crippen molar-refractivity contribution >= 4 is 17.5 Å². The van der Waals surface area contributed by atoms with Crippen molar-refractivity contribution < 1.29 is 14.3 Å². The molecule has 0 spiro atoms. The van der Waals surface area contributed by atoms with Crippen LogP contribution >= 0.6 is 11.6 Å². The second kappa shape index (κ2) is 5.27. The van der Waals surface area contributed by atoms with Gasteiger partial charge in [0.25, 0.3) is 0 Å². The van der Waals surface area contributed by atoms with E-state index in [1.165, 1.54) is 0 Å². The minimum Gasteiger partial charge on any atom is -0.497 e. The molecule has 0 atom stereocenters. The van der Waals surface area contributed by atoms with Crippen molar-refractivity contribution in [3.63, 3.8) is 0 Å². The third kappa shape index (κ3) is 2.64. The van der Waals surface area contributed by atoms with Gasteiger partial charge in [-0.2, -0.15) is 0 Å². The smallest absolute Gasteiger partial charge is 0.237 e. The summed E-state index contributed by atoms with van der Waals surface area (Å²) in [5.74, 6) is 1.48. The Morgan fingerprint density at radius 3 is 3.12 bits per heavy atom. The van der Waals surface area contributed by atoms with Gasteiger partial charge in [-0.25, -0.2) is 0 Å². The lowest BCUT2D eigenvalue weighted by atomic mass is 10.2. The maximum Gasteiger partial charge on any atom is 0.237 e. The lowest BCUT2D eigenvalue weighted by Gasteiger charge is -2.18. The van der Waals surface area contributed by atoms with E-state index >= 15 is 0 Å². The van der Waals surface area contributed by atoms with Gasteiger partial charge in [0.2, 0.25) is 5.91 Å². The number of ether oxygens (including phenoxy) is 2. The number of amides is 1. The topological polar surface area (TPSA) is 38.8 Å². The minimum absolute atomic E-state index is 0.000693. The van der Waals surface area contributed by atoms with Crippen molar-refractivity contribution in [2.45, 2.75) is 6.54 Å². The van der Waals surface area contributed by atoms with Crippen molar-refractivity contribution in [2.24, 2.45) is 0 Å². The van der Waals surface area contributed by atoms with Crippen molar-refractivity contribution in [1.29, 1.82) is 0 Å². The van der Waals surface area contributed by atoms with Crippen molar-refractivity contribution in [2.75, 3.05) is 26.1 Å². The molecule has 1 aliphatic rings. The Morgan fingerprint density at radius 1 is 1.59 bits per heavy atom. The molecule has 17 heavy (non-hydrogen) atoms. The van der Waals surface area contributed by atoms with Crippen LogP contribution in [0.15, 0.2) is 18.2 Å². The Labute approximate surface area is 105 Å². The van der Waals surface area contributed by atoms with E-state index in [1.54, 1.807) is 12.0 Å². The van der Waals surface area contributed by atoms with E-state index in [4.69, 9.17) is 21.1 Å². The highest BCUT2D eigenvalue weighted by Gasteiger charge is 2.19. The first kappa shape index (κ1) is 12.0. The predicted molar refractivity (Wildman–Crippen MR) is 64.6 cm³/mol. The first-order chi connectivity index (χ1) is 8.24. The molecule has 0 aliphatic carbocycles. The number of halogens is 1. The Morgan fingerprint density at radius 2 is 2.41 bits per heavy atom. The van der Waals surface area contributed by atoms with E-state index in [9.17, 15) is 4.79 Å². The van der Waals surface area contributed by atoms with Crippen LogP contribution in [0.2, 0.25) is 0 Å². The molecule has 0 radical (unpaired) electrons. The maximum atomic E-state index is 11.6. The molecule has 4 nitrogen and oxygen atoms in total. The number of alkyl halides is 1. The van der Waals surface area contributed by atoms with E-state index in [-0.39, 0.29) is 11.8 Å². The summed E-state index contributed by atoms with van der Waals surface area (Å²) in [6.45, 7) is 1.56. The SMILES string of the molecule is COc1ccc2c(c1)CN(C(=O)CCl)CCO2. The fraction of sp³-hybridized carbons (Fsp3) is 0.417. The lowest BCUT2D eigenvalue weighted by molar-refractivity contribution is -0.129. The molecule has 0 fully saturated rings. The summed E-state index contributed by atoms with van der Waals surface area (Å²) < 4.78 is 10.7. The summed E-state index contributed by atoms with van der Waals surface area (Å²) >= 11 is 5.57. The number of nitrogens with zero attached hydrogens (tertiary/aromatic N) is 1. The molecule has 1 amide bonds.